The number of esters is 1. The summed E-state index contributed by atoms with van der Waals surface area (Å²) in [4.78, 5) is 12.2. The molecule has 1 saturated carbocycles. The zero-order valence-corrected chi connectivity index (χ0v) is 15.4. The molecule has 2 unspecified atom stereocenters. The summed E-state index contributed by atoms with van der Waals surface area (Å²) in [5.41, 5.74) is 1.09. The van der Waals surface area contributed by atoms with E-state index >= 15 is 0 Å². The van der Waals surface area contributed by atoms with Gasteiger partial charge in [0, 0.05) is 5.92 Å². The van der Waals surface area contributed by atoms with Gasteiger partial charge in [-0.05, 0) is 26.3 Å². The number of carbonyl (C=O) groups is 1. The van der Waals surface area contributed by atoms with Crippen LogP contribution in [-0.4, -0.2) is 49.4 Å². The molecule has 4 rings (SSSR count). The highest BCUT2D eigenvalue weighted by molar-refractivity contribution is 5.77. The molecule has 3 aliphatic rings. The fourth-order valence-corrected chi connectivity index (χ4v) is 4.03. The van der Waals surface area contributed by atoms with Crippen LogP contribution in [0.5, 0.6) is 0 Å². The number of hydrogen-bond acceptors (Lipinski definition) is 6. The van der Waals surface area contributed by atoms with Crippen LogP contribution >= 0.6 is 0 Å². The molecule has 2 heterocycles. The summed E-state index contributed by atoms with van der Waals surface area (Å²) in [7, 11) is 0. The maximum Gasteiger partial charge on any atom is 0.312 e. The average Bonchev–Trinajstić information content (AvgIpc) is 3.02. The minimum Gasteiger partial charge on any atom is -0.466 e. The molecule has 6 atom stereocenters. The van der Waals surface area contributed by atoms with Crippen LogP contribution in [0.3, 0.4) is 0 Å². The smallest absolute Gasteiger partial charge is 0.312 e. The van der Waals surface area contributed by atoms with Crippen molar-refractivity contribution in [2.45, 2.75) is 57.6 Å². The monoisotopic (exact) mass is 362 g/mol. The number of fused-ring (bicyclic) bond motifs is 1. The number of carbonyl (C=O) groups excluding carboxylic acids is 1. The van der Waals surface area contributed by atoms with Crippen molar-refractivity contribution in [3.8, 4) is 0 Å². The van der Waals surface area contributed by atoms with Gasteiger partial charge in [0.1, 0.15) is 12.2 Å². The van der Waals surface area contributed by atoms with E-state index in [9.17, 15) is 4.79 Å². The zero-order valence-electron chi connectivity index (χ0n) is 15.4. The largest absolute Gasteiger partial charge is 0.466 e. The van der Waals surface area contributed by atoms with E-state index in [4.69, 9.17) is 23.7 Å². The summed E-state index contributed by atoms with van der Waals surface area (Å²) in [6, 6.07) is 10.00. The summed E-state index contributed by atoms with van der Waals surface area (Å²) in [6.45, 7) is 6.91. The molecule has 1 aromatic rings. The van der Waals surface area contributed by atoms with Crippen LogP contribution in [0.4, 0.5) is 0 Å². The van der Waals surface area contributed by atoms with Crippen molar-refractivity contribution in [1.82, 2.24) is 0 Å². The minimum atomic E-state index is -0.620. The highest BCUT2D eigenvalue weighted by Crippen LogP contribution is 2.55. The first-order chi connectivity index (χ1) is 12.5. The Bertz CT molecular complexity index is 645. The molecule has 0 spiro atoms. The zero-order chi connectivity index (χ0) is 18.3. The van der Waals surface area contributed by atoms with Gasteiger partial charge < -0.3 is 23.7 Å². The highest BCUT2D eigenvalue weighted by Gasteiger charge is 2.69. The van der Waals surface area contributed by atoms with Crippen LogP contribution in [0.2, 0.25) is 0 Å². The number of rotatable bonds is 6. The van der Waals surface area contributed by atoms with Gasteiger partial charge in [-0.3, -0.25) is 4.79 Å². The average molecular weight is 362 g/mol. The van der Waals surface area contributed by atoms with Crippen molar-refractivity contribution >= 4 is 5.97 Å². The van der Waals surface area contributed by atoms with Gasteiger partial charge in [0.05, 0.1) is 37.9 Å². The van der Waals surface area contributed by atoms with Crippen LogP contribution in [-0.2, 0) is 35.1 Å². The molecule has 26 heavy (non-hydrogen) atoms. The molecule has 0 amide bonds. The van der Waals surface area contributed by atoms with Crippen molar-refractivity contribution in [2.75, 3.05) is 13.2 Å². The highest BCUT2D eigenvalue weighted by atomic mass is 16.8. The second kappa shape index (κ2) is 6.93. The maximum atomic E-state index is 12.2. The van der Waals surface area contributed by atoms with Gasteiger partial charge in [-0.1, -0.05) is 30.3 Å². The van der Waals surface area contributed by atoms with Gasteiger partial charge in [0.15, 0.2) is 5.79 Å². The van der Waals surface area contributed by atoms with Gasteiger partial charge in [0.2, 0.25) is 0 Å². The van der Waals surface area contributed by atoms with Gasteiger partial charge in [-0.25, -0.2) is 0 Å². The Morgan fingerprint density at radius 3 is 2.65 bits per heavy atom. The molecule has 0 bridgehead atoms. The van der Waals surface area contributed by atoms with Crippen molar-refractivity contribution < 1.29 is 28.5 Å². The Kier molecular flexibility index (Phi) is 4.77. The first kappa shape index (κ1) is 17.9. The van der Waals surface area contributed by atoms with E-state index < -0.39 is 5.79 Å². The van der Waals surface area contributed by atoms with E-state index in [1.165, 1.54) is 0 Å². The fraction of sp³-hybridized carbons (Fsp3) is 0.650. The van der Waals surface area contributed by atoms with Crippen molar-refractivity contribution in [3.05, 3.63) is 35.9 Å². The van der Waals surface area contributed by atoms with Gasteiger partial charge in [0.25, 0.3) is 0 Å². The molecule has 0 aromatic heterocycles. The Balaban J connectivity index is 1.46. The van der Waals surface area contributed by atoms with E-state index in [2.05, 4.69) is 0 Å². The third-order valence-corrected chi connectivity index (χ3v) is 5.27. The molecule has 0 radical (unpaired) electrons. The Morgan fingerprint density at radius 2 is 2.00 bits per heavy atom. The van der Waals surface area contributed by atoms with Gasteiger partial charge >= 0.3 is 5.97 Å². The van der Waals surface area contributed by atoms with E-state index in [-0.39, 0.29) is 42.2 Å². The van der Waals surface area contributed by atoms with Crippen molar-refractivity contribution in [2.24, 2.45) is 11.8 Å². The molecule has 6 heteroatoms. The molecule has 6 nitrogen and oxygen atoms in total. The quantitative estimate of drug-likeness (QED) is 0.724. The van der Waals surface area contributed by atoms with Crippen LogP contribution in [0.15, 0.2) is 30.3 Å². The van der Waals surface area contributed by atoms with Gasteiger partial charge in [-0.15, -0.1) is 0 Å². The lowest BCUT2D eigenvalue weighted by Crippen LogP contribution is -2.42. The van der Waals surface area contributed by atoms with Crippen molar-refractivity contribution in [1.29, 1.82) is 0 Å². The van der Waals surface area contributed by atoms with E-state index in [1.54, 1.807) is 0 Å². The molecule has 3 fully saturated rings. The van der Waals surface area contributed by atoms with E-state index in [0.717, 1.165) is 5.56 Å². The molecular weight excluding hydrogens is 336 g/mol. The Labute approximate surface area is 153 Å². The van der Waals surface area contributed by atoms with Crippen LogP contribution in [0.25, 0.3) is 0 Å². The van der Waals surface area contributed by atoms with Crippen LogP contribution < -0.4 is 0 Å². The summed E-state index contributed by atoms with van der Waals surface area (Å²) >= 11 is 0. The predicted molar refractivity (Wildman–Crippen MR) is 92.2 cm³/mol. The first-order valence-electron chi connectivity index (χ1n) is 9.29. The van der Waals surface area contributed by atoms with E-state index in [0.29, 0.717) is 19.8 Å². The fourth-order valence-electron chi connectivity index (χ4n) is 4.03. The summed E-state index contributed by atoms with van der Waals surface area (Å²) in [5.74, 6) is -1.03. The molecule has 142 valence electrons. The van der Waals surface area contributed by atoms with E-state index in [1.807, 2.05) is 51.1 Å². The SMILES string of the molecule is CCOC(=O)C1[C@@H]2[C@@H](OCc3ccccc3)[C@@H](C3COC(C)(C)O3)O[C@H]12. The second-order valence-electron chi connectivity index (χ2n) is 7.55. The molecule has 2 aliphatic heterocycles. The molecule has 1 aliphatic carbocycles. The topological polar surface area (TPSA) is 63.2 Å². The molecule has 2 saturated heterocycles. The third-order valence-electron chi connectivity index (χ3n) is 5.27. The van der Waals surface area contributed by atoms with Crippen LogP contribution in [0, 0.1) is 11.8 Å². The first-order valence-corrected chi connectivity index (χ1v) is 9.29. The van der Waals surface area contributed by atoms with Gasteiger partial charge in [-0.2, -0.15) is 0 Å². The second-order valence-corrected chi connectivity index (χ2v) is 7.55. The lowest BCUT2D eigenvalue weighted by Gasteiger charge is -2.28. The molecule has 0 N–H and O–H groups in total. The van der Waals surface area contributed by atoms with Crippen molar-refractivity contribution in [3.63, 3.8) is 0 Å². The summed E-state index contributed by atoms with van der Waals surface area (Å²) < 4.78 is 29.2. The Hall–Kier alpha value is -1.47. The summed E-state index contributed by atoms with van der Waals surface area (Å²) in [5, 5.41) is 0. The number of benzene rings is 1. The lowest BCUT2D eigenvalue weighted by atomic mass is 10.0. The third kappa shape index (κ3) is 3.39. The molecular formula is C20H26O6. The summed E-state index contributed by atoms with van der Waals surface area (Å²) in [6.07, 6.45) is -0.785. The standard InChI is InChI=1S/C20H26O6/c1-4-22-19(21)15-14-17(15)25-16(13-11-24-20(2,3)26-13)18(14)23-10-12-8-6-5-7-9-12/h5-9,13-18H,4,10-11H2,1-3H3/t13?,14-,15?,16+,17-,18+/m0/s1. The maximum absolute atomic E-state index is 12.2. The lowest BCUT2D eigenvalue weighted by molar-refractivity contribution is -0.173. The minimum absolute atomic E-state index is 0.0232. The number of ether oxygens (including phenoxy) is 5. The molecule has 1 aromatic carbocycles. The normalized spacial score (nSPS) is 37.3. The van der Waals surface area contributed by atoms with Crippen LogP contribution in [0.1, 0.15) is 26.3 Å². The Morgan fingerprint density at radius 1 is 1.23 bits per heavy atom. The predicted octanol–water partition coefficient (Wildman–Crippen LogP) is 2.30. The number of hydrogen-bond donors (Lipinski definition) is 0.